The number of aryl methyl sites for hydroxylation is 1. The average molecular weight is 426 g/mol. The van der Waals surface area contributed by atoms with Crippen molar-refractivity contribution in [2.45, 2.75) is 19.9 Å². The van der Waals surface area contributed by atoms with Gasteiger partial charge in [-0.1, -0.05) is 47.1 Å². The van der Waals surface area contributed by atoms with Gasteiger partial charge < -0.3 is 0 Å². The molecule has 0 N–H and O–H groups in total. The van der Waals surface area contributed by atoms with E-state index in [1.165, 1.54) is 5.56 Å². The molecular weight excluding hydrogens is 410 g/mol. The van der Waals surface area contributed by atoms with Crippen molar-refractivity contribution in [3.63, 3.8) is 0 Å². The highest BCUT2D eigenvalue weighted by Gasteiger charge is 2.09. The lowest BCUT2D eigenvalue weighted by Gasteiger charge is -2.05. The molecule has 0 saturated heterocycles. The van der Waals surface area contributed by atoms with Crippen LogP contribution in [0.1, 0.15) is 18.2 Å². The minimum atomic E-state index is -0.0573. The fraction of sp³-hybridized carbons (Fsp3) is 0.150. The molecule has 0 aliphatic rings. The van der Waals surface area contributed by atoms with E-state index >= 15 is 0 Å². The highest BCUT2D eigenvalue weighted by atomic mass is 79.9. The van der Waals surface area contributed by atoms with Crippen LogP contribution in [-0.4, -0.2) is 14.5 Å². The molecule has 0 spiro atoms. The molecule has 0 saturated carbocycles. The zero-order valence-corrected chi connectivity index (χ0v) is 16.5. The Balaban J connectivity index is 1.64. The molecule has 130 valence electrons. The van der Waals surface area contributed by atoms with Gasteiger partial charge in [-0.3, -0.25) is 9.36 Å². The van der Waals surface area contributed by atoms with Crippen molar-refractivity contribution in [2.24, 2.45) is 0 Å². The Bertz CT molecular complexity index is 1130. The van der Waals surface area contributed by atoms with Crippen LogP contribution in [0.2, 0.25) is 0 Å². The number of rotatable bonds is 4. The normalized spacial score (nSPS) is 11.2. The quantitative estimate of drug-likeness (QED) is 0.467. The van der Waals surface area contributed by atoms with Crippen LogP contribution in [0.25, 0.3) is 21.5 Å². The fourth-order valence-corrected chi connectivity index (χ4v) is 3.99. The van der Waals surface area contributed by atoms with Crippen LogP contribution in [0.3, 0.4) is 0 Å². The van der Waals surface area contributed by atoms with E-state index in [0.29, 0.717) is 17.4 Å². The van der Waals surface area contributed by atoms with Crippen LogP contribution < -0.4 is 5.56 Å². The summed E-state index contributed by atoms with van der Waals surface area (Å²) in [5.74, 6) is 0. The molecule has 0 aliphatic heterocycles. The second-order valence-electron chi connectivity index (χ2n) is 6.03. The molecule has 0 atom stereocenters. The molecule has 4 nitrogen and oxygen atoms in total. The first kappa shape index (κ1) is 17.1. The van der Waals surface area contributed by atoms with Gasteiger partial charge in [0.25, 0.3) is 5.56 Å². The van der Waals surface area contributed by atoms with E-state index < -0.39 is 0 Å². The lowest BCUT2D eigenvalue weighted by molar-refractivity contribution is 0.734. The van der Waals surface area contributed by atoms with Crippen molar-refractivity contribution in [3.8, 4) is 10.6 Å². The lowest BCUT2D eigenvalue weighted by atomic mass is 10.1. The first-order chi connectivity index (χ1) is 12.6. The maximum atomic E-state index is 12.7. The third-order valence-electron chi connectivity index (χ3n) is 4.28. The standard InChI is InChI=1S/C20H16BrN3OS/c1-2-13-3-5-14(6-4-13)19-23-16(11-26-19)10-24-12-22-18-8-7-15(21)9-17(18)20(24)25/h3-9,11-12H,2,10H2,1H3. The molecule has 0 radical (unpaired) electrons. The first-order valence-electron chi connectivity index (χ1n) is 8.32. The van der Waals surface area contributed by atoms with Crippen LogP contribution in [0.15, 0.2) is 63.4 Å². The van der Waals surface area contributed by atoms with Gasteiger partial charge in [-0.05, 0) is 30.2 Å². The van der Waals surface area contributed by atoms with E-state index in [9.17, 15) is 4.79 Å². The van der Waals surface area contributed by atoms with Gasteiger partial charge in [0.2, 0.25) is 0 Å². The Morgan fingerprint density at radius 3 is 2.73 bits per heavy atom. The fourth-order valence-electron chi connectivity index (χ4n) is 2.81. The summed E-state index contributed by atoms with van der Waals surface area (Å²) in [7, 11) is 0. The zero-order valence-electron chi connectivity index (χ0n) is 14.1. The van der Waals surface area contributed by atoms with E-state index in [-0.39, 0.29) is 5.56 Å². The summed E-state index contributed by atoms with van der Waals surface area (Å²) in [6, 6.07) is 14.0. The maximum Gasteiger partial charge on any atom is 0.261 e. The summed E-state index contributed by atoms with van der Waals surface area (Å²) in [6.45, 7) is 2.56. The summed E-state index contributed by atoms with van der Waals surface area (Å²) in [5, 5.41) is 3.57. The molecule has 2 aromatic heterocycles. The molecule has 0 aliphatic carbocycles. The highest BCUT2D eigenvalue weighted by molar-refractivity contribution is 9.10. The van der Waals surface area contributed by atoms with E-state index in [4.69, 9.17) is 4.98 Å². The van der Waals surface area contributed by atoms with Crippen molar-refractivity contribution in [2.75, 3.05) is 0 Å². The van der Waals surface area contributed by atoms with Crippen LogP contribution in [-0.2, 0) is 13.0 Å². The van der Waals surface area contributed by atoms with Gasteiger partial charge in [-0.2, -0.15) is 0 Å². The molecule has 4 rings (SSSR count). The maximum absolute atomic E-state index is 12.7. The Morgan fingerprint density at radius 1 is 1.15 bits per heavy atom. The predicted molar refractivity (Wildman–Crippen MR) is 110 cm³/mol. The number of nitrogens with zero attached hydrogens (tertiary/aromatic N) is 3. The minimum Gasteiger partial charge on any atom is -0.293 e. The van der Waals surface area contributed by atoms with Crippen molar-refractivity contribution < 1.29 is 0 Å². The van der Waals surface area contributed by atoms with Crippen LogP contribution in [0.5, 0.6) is 0 Å². The second kappa shape index (κ2) is 7.13. The molecule has 0 amide bonds. The second-order valence-corrected chi connectivity index (χ2v) is 7.81. The van der Waals surface area contributed by atoms with Gasteiger partial charge in [0.05, 0.1) is 29.5 Å². The molecule has 4 aromatic rings. The number of hydrogen-bond acceptors (Lipinski definition) is 4. The molecular formula is C20H16BrN3OS. The molecule has 0 bridgehead atoms. The van der Waals surface area contributed by atoms with Gasteiger partial charge in [0.1, 0.15) is 5.01 Å². The van der Waals surface area contributed by atoms with Gasteiger partial charge >= 0.3 is 0 Å². The number of aromatic nitrogens is 3. The Morgan fingerprint density at radius 2 is 1.96 bits per heavy atom. The van der Waals surface area contributed by atoms with E-state index in [0.717, 1.165) is 27.2 Å². The van der Waals surface area contributed by atoms with E-state index in [1.807, 2.05) is 23.6 Å². The Labute approximate surface area is 163 Å². The summed E-state index contributed by atoms with van der Waals surface area (Å²) >= 11 is 5.00. The molecule has 0 unspecified atom stereocenters. The smallest absolute Gasteiger partial charge is 0.261 e. The summed E-state index contributed by atoms with van der Waals surface area (Å²) < 4.78 is 2.47. The minimum absolute atomic E-state index is 0.0573. The predicted octanol–water partition coefficient (Wildman–Crippen LogP) is 4.89. The molecule has 2 aromatic carbocycles. The SMILES string of the molecule is CCc1ccc(-c2nc(Cn3cnc4ccc(Br)cc4c3=O)cs2)cc1. The van der Waals surface area contributed by atoms with Crippen LogP contribution in [0.4, 0.5) is 0 Å². The van der Waals surface area contributed by atoms with Crippen molar-refractivity contribution >= 4 is 38.2 Å². The van der Waals surface area contributed by atoms with Gasteiger partial charge in [-0.25, -0.2) is 9.97 Å². The first-order valence-corrected chi connectivity index (χ1v) is 9.99. The lowest BCUT2D eigenvalue weighted by Crippen LogP contribution is -2.21. The number of thiazole rings is 1. The third-order valence-corrected chi connectivity index (χ3v) is 5.71. The zero-order chi connectivity index (χ0) is 18.1. The number of hydrogen-bond donors (Lipinski definition) is 0. The van der Waals surface area contributed by atoms with Gasteiger partial charge in [0.15, 0.2) is 0 Å². The monoisotopic (exact) mass is 425 g/mol. The van der Waals surface area contributed by atoms with Crippen molar-refractivity contribution in [1.82, 2.24) is 14.5 Å². The van der Waals surface area contributed by atoms with E-state index in [2.05, 4.69) is 52.1 Å². The number of benzene rings is 2. The summed E-state index contributed by atoms with van der Waals surface area (Å²) in [4.78, 5) is 21.8. The summed E-state index contributed by atoms with van der Waals surface area (Å²) in [6.07, 6.45) is 2.62. The Kier molecular flexibility index (Phi) is 4.70. The van der Waals surface area contributed by atoms with Gasteiger partial charge in [0, 0.05) is 15.4 Å². The average Bonchev–Trinajstić information content (AvgIpc) is 3.13. The highest BCUT2D eigenvalue weighted by Crippen LogP contribution is 2.24. The molecule has 26 heavy (non-hydrogen) atoms. The van der Waals surface area contributed by atoms with E-state index in [1.54, 1.807) is 22.2 Å². The third kappa shape index (κ3) is 3.34. The van der Waals surface area contributed by atoms with Crippen molar-refractivity contribution in [3.05, 3.63) is 80.3 Å². The molecule has 2 heterocycles. The largest absolute Gasteiger partial charge is 0.293 e. The van der Waals surface area contributed by atoms with Crippen LogP contribution in [0, 0.1) is 0 Å². The Hall–Kier alpha value is -2.31. The topological polar surface area (TPSA) is 47.8 Å². The molecule has 0 fully saturated rings. The number of fused-ring (bicyclic) bond motifs is 1. The number of halogens is 1. The van der Waals surface area contributed by atoms with Gasteiger partial charge in [-0.15, -0.1) is 11.3 Å². The van der Waals surface area contributed by atoms with Crippen LogP contribution >= 0.6 is 27.3 Å². The summed E-state index contributed by atoms with van der Waals surface area (Å²) in [5.41, 5.74) is 3.92. The molecule has 6 heteroatoms. The van der Waals surface area contributed by atoms with Crippen molar-refractivity contribution in [1.29, 1.82) is 0 Å².